The Hall–Kier alpha value is -3.33. The van der Waals surface area contributed by atoms with Gasteiger partial charge in [0.25, 0.3) is 5.91 Å². The number of carbonyl (C=O) groups is 2. The van der Waals surface area contributed by atoms with Gasteiger partial charge in [0.05, 0.1) is 12.7 Å². The average Bonchev–Trinajstić information content (AvgIpc) is 3.33. The lowest BCUT2D eigenvalue weighted by Crippen LogP contribution is -2.33. The summed E-state index contributed by atoms with van der Waals surface area (Å²) in [6, 6.07) is 11.3. The monoisotopic (exact) mass is 391 g/mol. The molecule has 0 spiro atoms. The number of aryl methyl sites for hydroxylation is 1. The van der Waals surface area contributed by atoms with E-state index in [9.17, 15) is 14.9 Å². The van der Waals surface area contributed by atoms with Crippen molar-refractivity contribution in [2.75, 3.05) is 7.11 Å². The Morgan fingerprint density at radius 3 is 2.45 bits per heavy atom. The topological polar surface area (TPSA) is 84.1 Å². The zero-order valence-corrected chi connectivity index (χ0v) is 17.0. The van der Waals surface area contributed by atoms with Crippen molar-refractivity contribution in [3.05, 3.63) is 58.4 Å². The SMILES string of the molecule is COC(=O)c1ccc(-n2c(C)cc(/C=C(/C#N)C(=O)NC3CCCC3)c2C)cc1. The Labute approximate surface area is 170 Å². The zero-order chi connectivity index (χ0) is 21.0. The maximum atomic E-state index is 12.5. The fourth-order valence-electron chi connectivity index (χ4n) is 3.83. The largest absolute Gasteiger partial charge is 0.465 e. The molecule has 6 nitrogen and oxygen atoms in total. The van der Waals surface area contributed by atoms with Gasteiger partial charge in [-0.3, -0.25) is 4.79 Å². The van der Waals surface area contributed by atoms with Crippen LogP contribution in [0.2, 0.25) is 0 Å². The lowest BCUT2D eigenvalue weighted by molar-refractivity contribution is -0.117. The lowest BCUT2D eigenvalue weighted by Gasteiger charge is -2.11. The normalized spacial score (nSPS) is 14.5. The highest BCUT2D eigenvalue weighted by Crippen LogP contribution is 2.24. The van der Waals surface area contributed by atoms with Crippen molar-refractivity contribution in [3.63, 3.8) is 0 Å². The van der Waals surface area contributed by atoms with Crippen LogP contribution >= 0.6 is 0 Å². The number of ether oxygens (including phenoxy) is 1. The van der Waals surface area contributed by atoms with E-state index in [1.165, 1.54) is 7.11 Å². The molecule has 1 fully saturated rings. The van der Waals surface area contributed by atoms with Gasteiger partial charge < -0.3 is 14.6 Å². The Bertz CT molecular complexity index is 988. The molecule has 0 bridgehead atoms. The van der Waals surface area contributed by atoms with Crippen molar-refractivity contribution in [2.45, 2.75) is 45.6 Å². The van der Waals surface area contributed by atoms with Crippen LogP contribution in [0.1, 0.15) is 53.0 Å². The van der Waals surface area contributed by atoms with Gasteiger partial charge in [-0.25, -0.2) is 4.79 Å². The van der Waals surface area contributed by atoms with Crippen molar-refractivity contribution in [3.8, 4) is 11.8 Å². The minimum atomic E-state index is -0.381. The first-order valence-corrected chi connectivity index (χ1v) is 9.75. The quantitative estimate of drug-likeness (QED) is 0.477. The molecule has 0 atom stereocenters. The molecule has 3 rings (SSSR count). The minimum Gasteiger partial charge on any atom is -0.465 e. The molecule has 0 saturated heterocycles. The summed E-state index contributed by atoms with van der Waals surface area (Å²) in [6.07, 6.45) is 5.83. The number of nitriles is 1. The smallest absolute Gasteiger partial charge is 0.337 e. The molecule has 1 aliphatic rings. The van der Waals surface area contributed by atoms with Crippen LogP contribution in [0.4, 0.5) is 0 Å². The number of hydrogen-bond acceptors (Lipinski definition) is 4. The number of amides is 1. The summed E-state index contributed by atoms with van der Waals surface area (Å²) < 4.78 is 6.76. The molecule has 0 aliphatic heterocycles. The number of nitrogens with zero attached hydrogens (tertiary/aromatic N) is 2. The maximum absolute atomic E-state index is 12.5. The Morgan fingerprint density at radius 1 is 1.21 bits per heavy atom. The van der Waals surface area contributed by atoms with E-state index in [0.29, 0.717) is 5.56 Å². The number of nitrogens with one attached hydrogen (secondary N) is 1. The van der Waals surface area contributed by atoms with E-state index in [1.54, 1.807) is 18.2 Å². The molecule has 1 aromatic carbocycles. The zero-order valence-electron chi connectivity index (χ0n) is 17.0. The number of benzene rings is 1. The van der Waals surface area contributed by atoms with Crippen molar-refractivity contribution in [1.29, 1.82) is 5.26 Å². The number of hydrogen-bond donors (Lipinski definition) is 1. The van der Waals surface area contributed by atoms with Gasteiger partial charge in [-0.2, -0.15) is 5.26 Å². The Kier molecular flexibility index (Phi) is 6.18. The van der Waals surface area contributed by atoms with E-state index in [1.807, 2.05) is 42.7 Å². The summed E-state index contributed by atoms with van der Waals surface area (Å²) >= 11 is 0. The second-order valence-electron chi connectivity index (χ2n) is 7.32. The third-order valence-corrected chi connectivity index (χ3v) is 5.37. The van der Waals surface area contributed by atoms with Crippen LogP contribution in [0.3, 0.4) is 0 Å². The van der Waals surface area contributed by atoms with E-state index in [-0.39, 0.29) is 23.5 Å². The van der Waals surface area contributed by atoms with Gasteiger partial charge in [-0.15, -0.1) is 0 Å². The molecule has 2 aromatic rings. The summed E-state index contributed by atoms with van der Waals surface area (Å²) in [5.41, 5.74) is 4.18. The van der Waals surface area contributed by atoms with Gasteiger partial charge in [0, 0.05) is 23.1 Å². The number of methoxy groups -OCH3 is 1. The molecule has 0 radical (unpaired) electrons. The Morgan fingerprint density at radius 2 is 1.86 bits per heavy atom. The van der Waals surface area contributed by atoms with E-state index in [4.69, 9.17) is 4.74 Å². The Balaban J connectivity index is 1.88. The highest BCUT2D eigenvalue weighted by atomic mass is 16.5. The second-order valence-corrected chi connectivity index (χ2v) is 7.32. The second kappa shape index (κ2) is 8.78. The van der Waals surface area contributed by atoms with Gasteiger partial charge in [0.15, 0.2) is 0 Å². The van der Waals surface area contributed by atoms with E-state index < -0.39 is 0 Å². The lowest BCUT2D eigenvalue weighted by atomic mass is 10.1. The summed E-state index contributed by atoms with van der Waals surface area (Å²) in [7, 11) is 1.35. The molecule has 0 unspecified atom stereocenters. The third-order valence-electron chi connectivity index (χ3n) is 5.37. The van der Waals surface area contributed by atoms with Crippen LogP contribution in [-0.2, 0) is 9.53 Å². The molecule has 1 aliphatic carbocycles. The number of esters is 1. The number of aromatic nitrogens is 1. The fourth-order valence-corrected chi connectivity index (χ4v) is 3.83. The summed E-state index contributed by atoms with van der Waals surface area (Å²) in [4.78, 5) is 24.1. The van der Waals surface area contributed by atoms with Crippen LogP contribution < -0.4 is 5.32 Å². The van der Waals surface area contributed by atoms with Gasteiger partial charge in [-0.05, 0) is 68.7 Å². The van der Waals surface area contributed by atoms with Crippen molar-refractivity contribution in [2.24, 2.45) is 0 Å². The molecular weight excluding hydrogens is 366 g/mol. The van der Waals surface area contributed by atoms with E-state index in [2.05, 4.69) is 5.32 Å². The highest BCUT2D eigenvalue weighted by molar-refractivity contribution is 6.02. The molecule has 6 heteroatoms. The average molecular weight is 391 g/mol. The van der Waals surface area contributed by atoms with Crippen LogP contribution in [0.25, 0.3) is 11.8 Å². The van der Waals surface area contributed by atoms with Gasteiger partial charge in [0.1, 0.15) is 11.6 Å². The number of rotatable bonds is 5. The predicted molar refractivity (Wildman–Crippen MR) is 111 cm³/mol. The third kappa shape index (κ3) is 4.40. The first-order valence-electron chi connectivity index (χ1n) is 9.75. The van der Waals surface area contributed by atoms with Crippen LogP contribution in [-0.4, -0.2) is 29.6 Å². The molecule has 29 heavy (non-hydrogen) atoms. The van der Waals surface area contributed by atoms with Crippen molar-refractivity contribution < 1.29 is 14.3 Å². The van der Waals surface area contributed by atoms with Crippen LogP contribution in [0, 0.1) is 25.2 Å². The van der Waals surface area contributed by atoms with Gasteiger partial charge in [-0.1, -0.05) is 12.8 Å². The first-order chi connectivity index (χ1) is 13.9. The maximum Gasteiger partial charge on any atom is 0.337 e. The molecule has 1 saturated carbocycles. The summed E-state index contributed by atoms with van der Waals surface area (Å²) in [6.45, 7) is 3.90. The predicted octanol–water partition coefficient (Wildman–Crippen LogP) is 3.85. The van der Waals surface area contributed by atoms with Crippen molar-refractivity contribution >= 4 is 18.0 Å². The summed E-state index contributed by atoms with van der Waals surface area (Å²) in [5.74, 6) is -0.695. The van der Waals surface area contributed by atoms with Crippen LogP contribution in [0.15, 0.2) is 35.9 Å². The number of carbonyl (C=O) groups excluding carboxylic acids is 2. The van der Waals surface area contributed by atoms with E-state index >= 15 is 0 Å². The van der Waals surface area contributed by atoms with E-state index in [0.717, 1.165) is 48.3 Å². The van der Waals surface area contributed by atoms with Crippen molar-refractivity contribution in [1.82, 2.24) is 9.88 Å². The molecule has 1 N–H and O–H groups in total. The minimum absolute atomic E-state index is 0.109. The first kappa shape index (κ1) is 20.4. The fraction of sp³-hybridized carbons (Fsp3) is 0.348. The molecule has 1 aromatic heterocycles. The standard InChI is InChI=1S/C23H25N3O3/c1-15-12-18(13-19(14-24)22(27)25-20-6-4-5-7-20)16(2)26(15)21-10-8-17(9-11-21)23(28)29-3/h8-13,20H,4-7H2,1-3H3,(H,25,27)/b19-13-. The summed E-state index contributed by atoms with van der Waals surface area (Å²) in [5, 5.41) is 12.5. The highest BCUT2D eigenvalue weighted by Gasteiger charge is 2.20. The molecular formula is C23H25N3O3. The molecule has 1 heterocycles. The molecule has 1 amide bonds. The van der Waals surface area contributed by atoms with Gasteiger partial charge in [0.2, 0.25) is 0 Å². The molecule has 150 valence electrons. The van der Waals surface area contributed by atoms with Gasteiger partial charge >= 0.3 is 5.97 Å². The van der Waals surface area contributed by atoms with Crippen LogP contribution in [0.5, 0.6) is 0 Å².